The molecule has 1 aliphatic carbocycles. The lowest BCUT2D eigenvalue weighted by molar-refractivity contribution is -0.119. The number of carbonyl (C=O) groups excluding carboxylic acids is 1. The first-order valence-electron chi connectivity index (χ1n) is 11.8. The summed E-state index contributed by atoms with van der Waals surface area (Å²) in [5.74, 6) is 1.09. The molecule has 0 bridgehead atoms. The quantitative estimate of drug-likeness (QED) is 0.471. The van der Waals surface area contributed by atoms with Gasteiger partial charge in [0.05, 0.1) is 10.6 Å². The summed E-state index contributed by atoms with van der Waals surface area (Å²) in [5.41, 5.74) is 0. The van der Waals surface area contributed by atoms with Gasteiger partial charge in [-0.15, -0.1) is 10.2 Å². The Balaban J connectivity index is 1.36. The van der Waals surface area contributed by atoms with Crippen molar-refractivity contribution >= 4 is 27.7 Å². The van der Waals surface area contributed by atoms with Crippen LogP contribution in [-0.2, 0) is 21.9 Å². The van der Waals surface area contributed by atoms with Gasteiger partial charge in [-0.1, -0.05) is 55.6 Å². The predicted molar refractivity (Wildman–Crippen MR) is 129 cm³/mol. The Morgan fingerprint density at radius 2 is 1.79 bits per heavy atom. The fourth-order valence-electron chi connectivity index (χ4n) is 4.74. The average Bonchev–Trinajstić information content (AvgIpc) is 3.01. The van der Waals surface area contributed by atoms with Gasteiger partial charge < -0.3 is 9.88 Å². The predicted octanol–water partition coefficient (Wildman–Crippen LogP) is 3.31. The van der Waals surface area contributed by atoms with Gasteiger partial charge in [-0.3, -0.25) is 4.79 Å². The van der Waals surface area contributed by atoms with Gasteiger partial charge in [-0.2, -0.15) is 4.31 Å². The van der Waals surface area contributed by atoms with Crippen LogP contribution in [0.25, 0.3) is 0 Å². The topological polar surface area (TPSA) is 97.2 Å². The molecule has 2 fully saturated rings. The van der Waals surface area contributed by atoms with Crippen molar-refractivity contribution in [2.24, 2.45) is 7.05 Å². The Labute approximate surface area is 200 Å². The van der Waals surface area contributed by atoms with Gasteiger partial charge in [-0.25, -0.2) is 8.42 Å². The molecule has 2 heterocycles. The van der Waals surface area contributed by atoms with Crippen molar-refractivity contribution in [2.45, 2.75) is 73.4 Å². The highest BCUT2D eigenvalue weighted by Gasteiger charge is 2.33. The van der Waals surface area contributed by atoms with Gasteiger partial charge >= 0.3 is 0 Å². The number of aromatic nitrogens is 3. The highest BCUT2D eigenvalue weighted by atomic mass is 32.2. The molecule has 10 heteroatoms. The lowest BCUT2D eigenvalue weighted by Crippen LogP contribution is -2.39. The molecule has 1 saturated carbocycles. The van der Waals surface area contributed by atoms with Crippen molar-refractivity contribution in [2.75, 3.05) is 18.8 Å². The Hall–Kier alpha value is -1.91. The van der Waals surface area contributed by atoms with Crippen molar-refractivity contribution in [1.82, 2.24) is 24.4 Å². The number of carbonyl (C=O) groups is 1. The van der Waals surface area contributed by atoms with Crippen LogP contribution in [0.3, 0.4) is 0 Å². The van der Waals surface area contributed by atoms with Crippen LogP contribution in [0.1, 0.15) is 63.1 Å². The number of nitrogens with zero attached hydrogens (tertiary/aromatic N) is 4. The van der Waals surface area contributed by atoms with E-state index >= 15 is 0 Å². The maximum Gasteiger partial charge on any atom is 0.243 e. The number of hydrogen-bond acceptors (Lipinski definition) is 6. The molecular formula is C23H33N5O3S2. The fraction of sp³-hybridized carbons (Fsp3) is 0.609. The van der Waals surface area contributed by atoms with Crippen LogP contribution in [0.5, 0.6) is 0 Å². The van der Waals surface area contributed by atoms with Crippen molar-refractivity contribution in [3.63, 3.8) is 0 Å². The number of piperidine rings is 1. The van der Waals surface area contributed by atoms with Gasteiger partial charge in [-0.05, 0) is 37.8 Å². The lowest BCUT2D eigenvalue weighted by atomic mass is 9.99. The summed E-state index contributed by atoms with van der Waals surface area (Å²) >= 11 is 1.38. The monoisotopic (exact) mass is 491 g/mol. The van der Waals surface area contributed by atoms with Crippen LogP contribution in [0, 0.1) is 0 Å². The van der Waals surface area contributed by atoms with Crippen molar-refractivity contribution in [1.29, 1.82) is 0 Å². The lowest BCUT2D eigenvalue weighted by Gasteiger charge is -2.31. The SMILES string of the molecule is Cn1c(SCC(=O)NC2CCCCCC2)nnc1C1CCCN(S(=O)(=O)c2ccccc2)C1. The Kier molecular flexibility index (Phi) is 8.08. The first kappa shape index (κ1) is 24.2. The smallest absolute Gasteiger partial charge is 0.243 e. The van der Waals surface area contributed by atoms with Crippen LogP contribution in [0.2, 0.25) is 0 Å². The third kappa shape index (κ3) is 5.96. The van der Waals surface area contributed by atoms with Gasteiger partial charge in [0, 0.05) is 32.1 Å². The van der Waals surface area contributed by atoms with E-state index in [0.717, 1.165) is 31.5 Å². The van der Waals surface area contributed by atoms with Crippen molar-refractivity contribution in [3.05, 3.63) is 36.2 Å². The van der Waals surface area contributed by atoms with E-state index < -0.39 is 10.0 Å². The average molecular weight is 492 g/mol. The minimum absolute atomic E-state index is 0.0242. The minimum atomic E-state index is -3.53. The molecule has 0 spiro atoms. The maximum absolute atomic E-state index is 13.1. The second-order valence-corrected chi connectivity index (χ2v) is 11.8. The normalized spacial score (nSPS) is 20.9. The summed E-state index contributed by atoms with van der Waals surface area (Å²) in [5, 5.41) is 12.5. The third-order valence-corrected chi connectivity index (χ3v) is 9.45. The minimum Gasteiger partial charge on any atom is -0.353 e. The van der Waals surface area contributed by atoms with Gasteiger partial charge in [0.2, 0.25) is 15.9 Å². The summed E-state index contributed by atoms with van der Waals surface area (Å²) in [7, 11) is -1.64. The summed E-state index contributed by atoms with van der Waals surface area (Å²) in [4.78, 5) is 12.8. The van der Waals surface area contributed by atoms with Crippen LogP contribution in [-0.4, -0.2) is 58.3 Å². The Bertz CT molecular complexity index is 1030. The first-order chi connectivity index (χ1) is 15.9. The molecule has 0 radical (unpaired) electrons. The molecule has 8 nitrogen and oxygen atoms in total. The molecule has 2 aromatic rings. The van der Waals surface area contributed by atoms with Gasteiger partial charge in [0.25, 0.3) is 0 Å². The fourth-order valence-corrected chi connectivity index (χ4v) is 7.02. The van der Waals surface area contributed by atoms with E-state index in [-0.39, 0.29) is 17.9 Å². The second-order valence-electron chi connectivity index (χ2n) is 8.96. The molecule has 1 aromatic heterocycles. The molecule has 1 aromatic carbocycles. The molecule has 2 aliphatic rings. The molecule has 33 heavy (non-hydrogen) atoms. The number of hydrogen-bond donors (Lipinski definition) is 1. The molecule has 180 valence electrons. The zero-order valence-corrected chi connectivity index (χ0v) is 20.8. The molecule has 1 atom stereocenters. The molecular weight excluding hydrogens is 458 g/mol. The highest BCUT2D eigenvalue weighted by molar-refractivity contribution is 7.99. The summed E-state index contributed by atoms with van der Waals surface area (Å²) in [6, 6.07) is 8.86. The van der Waals surface area contributed by atoms with E-state index in [1.807, 2.05) is 17.7 Å². The molecule has 1 amide bonds. The first-order valence-corrected chi connectivity index (χ1v) is 14.2. The zero-order valence-electron chi connectivity index (χ0n) is 19.1. The van der Waals surface area contributed by atoms with E-state index in [9.17, 15) is 13.2 Å². The number of benzene rings is 1. The van der Waals surface area contributed by atoms with Gasteiger partial charge in [0.15, 0.2) is 5.16 Å². The van der Waals surface area contributed by atoms with E-state index in [1.54, 1.807) is 28.6 Å². The number of sulfonamides is 1. The van der Waals surface area contributed by atoms with Crippen LogP contribution >= 0.6 is 11.8 Å². The number of rotatable bonds is 7. The highest BCUT2D eigenvalue weighted by Crippen LogP contribution is 2.30. The standard InChI is InChI=1S/C23H33N5O3S2/c1-27-22(18-10-9-15-28(16-18)33(30,31)20-13-7-4-8-14-20)25-26-23(27)32-17-21(29)24-19-11-5-2-3-6-12-19/h4,7-8,13-14,18-19H,2-3,5-6,9-12,15-17H2,1H3,(H,24,29). The van der Waals surface area contributed by atoms with E-state index in [2.05, 4.69) is 15.5 Å². The van der Waals surface area contributed by atoms with Crippen LogP contribution in [0.15, 0.2) is 40.4 Å². The molecule has 1 aliphatic heterocycles. The summed E-state index contributed by atoms with van der Waals surface area (Å²) in [6.07, 6.45) is 8.65. The zero-order chi connectivity index (χ0) is 23.3. The van der Waals surface area contributed by atoms with E-state index in [1.165, 1.54) is 37.4 Å². The van der Waals surface area contributed by atoms with Crippen molar-refractivity contribution < 1.29 is 13.2 Å². The van der Waals surface area contributed by atoms with Crippen molar-refractivity contribution in [3.8, 4) is 0 Å². The van der Waals surface area contributed by atoms with Crippen LogP contribution in [0.4, 0.5) is 0 Å². The summed E-state index contributed by atoms with van der Waals surface area (Å²) in [6.45, 7) is 0.893. The maximum atomic E-state index is 13.1. The third-order valence-electron chi connectivity index (χ3n) is 6.55. The Morgan fingerprint density at radius 3 is 2.52 bits per heavy atom. The van der Waals surface area contributed by atoms with E-state index in [4.69, 9.17) is 0 Å². The molecule has 1 saturated heterocycles. The molecule has 1 unspecified atom stereocenters. The number of nitrogens with one attached hydrogen (secondary N) is 1. The summed E-state index contributed by atoms with van der Waals surface area (Å²) < 4.78 is 29.6. The number of amides is 1. The Morgan fingerprint density at radius 1 is 1.06 bits per heavy atom. The van der Waals surface area contributed by atoms with E-state index in [0.29, 0.717) is 28.9 Å². The van der Waals surface area contributed by atoms with Crippen LogP contribution < -0.4 is 5.32 Å². The van der Waals surface area contributed by atoms with Gasteiger partial charge in [0.1, 0.15) is 5.82 Å². The number of thioether (sulfide) groups is 1. The molecule has 4 rings (SSSR count). The largest absolute Gasteiger partial charge is 0.353 e. The second kappa shape index (κ2) is 11.0. The molecule has 1 N–H and O–H groups in total.